The maximum absolute atomic E-state index is 12.5. The number of phenolic OH excluding ortho intramolecular Hbond substituents is 2. The summed E-state index contributed by atoms with van der Waals surface area (Å²) in [6, 6.07) is 12.7. The van der Waals surface area contributed by atoms with Crippen molar-refractivity contribution >= 4 is 5.78 Å². The van der Waals surface area contributed by atoms with E-state index in [1.54, 1.807) is 18.2 Å². The summed E-state index contributed by atoms with van der Waals surface area (Å²) < 4.78 is 46.5. The highest BCUT2D eigenvalue weighted by Gasteiger charge is 2.31. The highest BCUT2D eigenvalue weighted by molar-refractivity contribution is 6.03. The first-order chi connectivity index (χ1) is 13.7. The molecule has 0 bridgehead atoms. The molecular weight excluding hydrogens is 389 g/mol. The maximum atomic E-state index is 12.5. The van der Waals surface area contributed by atoms with Crippen LogP contribution in [0.4, 0.5) is 13.2 Å². The van der Waals surface area contributed by atoms with Crippen molar-refractivity contribution in [2.24, 2.45) is 0 Å². The minimum Gasteiger partial charge on any atom is -0.508 e. The second kappa shape index (κ2) is 6.73. The van der Waals surface area contributed by atoms with Gasteiger partial charge < -0.3 is 19.7 Å². The van der Waals surface area contributed by atoms with E-state index in [0.29, 0.717) is 22.4 Å². The van der Waals surface area contributed by atoms with Gasteiger partial charge in [0.1, 0.15) is 34.3 Å². The number of Topliss-reactive ketones (excluding diaryl/α,β-unsaturated/α-hetero) is 1. The van der Waals surface area contributed by atoms with Gasteiger partial charge in [-0.15, -0.1) is 13.2 Å². The molecule has 29 heavy (non-hydrogen) atoms. The Bertz CT molecular complexity index is 1100. The lowest BCUT2D eigenvalue weighted by Crippen LogP contribution is -2.16. The summed E-state index contributed by atoms with van der Waals surface area (Å²) in [5.41, 5.74) is 1.81. The Morgan fingerprint density at radius 3 is 2.28 bits per heavy atom. The summed E-state index contributed by atoms with van der Waals surface area (Å²) in [5.74, 6) is -0.963. The molecule has 1 aliphatic heterocycles. The van der Waals surface area contributed by atoms with Crippen LogP contribution in [0.2, 0.25) is 0 Å². The predicted molar refractivity (Wildman–Crippen MR) is 96.4 cm³/mol. The molecular formula is C21H13F3O5. The Labute approximate surface area is 162 Å². The first-order valence-electron chi connectivity index (χ1n) is 8.46. The molecule has 0 atom stereocenters. The number of ketones is 1. The van der Waals surface area contributed by atoms with E-state index in [1.807, 2.05) is 0 Å². The third-order valence-electron chi connectivity index (χ3n) is 4.40. The number of fused-ring (bicyclic) bond motifs is 2. The zero-order valence-electron chi connectivity index (χ0n) is 14.7. The van der Waals surface area contributed by atoms with Crippen LogP contribution in [-0.4, -0.2) is 22.4 Å². The van der Waals surface area contributed by atoms with E-state index in [-0.39, 0.29) is 40.8 Å². The van der Waals surface area contributed by atoms with Gasteiger partial charge >= 0.3 is 6.36 Å². The lowest BCUT2D eigenvalue weighted by molar-refractivity contribution is -0.274. The average Bonchev–Trinajstić information content (AvgIpc) is 2.75. The van der Waals surface area contributed by atoms with E-state index in [0.717, 1.165) is 6.07 Å². The van der Waals surface area contributed by atoms with E-state index in [1.165, 1.54) is 30.3 Å². The molecule has 0 spiro atoms. The smallest absolute Gasteiger partial charge is 0.508 e. The number of hydrogen-bond acceptors (Lipinski definition) is 5. The standard InChI is InChI=1S/C21H13F3O5/c22-21(23,24)29-15-5-3-11(4-6-15)12-1-2-13-7-16(26)20-17(27)9-14(25)10-19(20)28-18(13)8-12/h1-6,8-10,25,27H,7H2. The maximum Gasteiger partial charge on any atom is 0.573 e. The predicted octanol–water partition coefficient (Wildman–Crippen LogP) is 5.19. The minimum absolute atomic E-state index is 0.0146. The summed E-state index contributed by atoms with van der Waals surface area (Å²) in [6.07, 6.45) is -4.78. The number of rotatable bonds is 2. The van der Waals surface area contributed by atoms with Crippen molar-refractivity contribution in [2.75, 3.05) is 0 Å². The van der Waals surface area contributed by atoms with Gasteiger partial charge in [0.15, 0.2) is 5.78 Å². The zero-order valence-corrected chi connectivity index (χ0v) is 14.7. The van der Waals surface area contributed by atoms with Crippen molar-refractivity contribution in [1.29, 1.82) is 0 Å². The van der Waals surface area contributed by atoms with Crippen LogP contribution in [0.15, 0.2) is 54.6 Å². The largest absolute Gasteiger partial charge is 0.573 e. The van der Waals surface area contributed by atoms with E-state index < -0.39 is 6.36 Å². The third kappa shape index (κ3) is 3.82. The lowest BCUT2D eigenvalue weighted by Gasteiger charge is -2.12. The fraction of sp³-hybridized carbons (Fsp3) is 0.0952. The summed E-state index contributed by atoms with van der Waals surface area (Å²) in [4.78, 5) is 12.5. The average molecular weight is 402 g/mol. The number of phenols is 2. The SMILES string of the molecule is O=C1Cc2ccc(-c3ccc(OC(F)(F)F)cc3)cc2Oc2cc(O)cc(O)c21. The highest BCUT2D eigenvalue weighted by Crippen LogP contribution is 2.41. The first-order valence-corrected chi connectivity index (χ1v) is 8.46. The van der Waals surface area contributed by atoms with Crippen LogP contribution in [0.1, 0.15) is 15.9 Å². The molecule has 5 nitrogen and oxygen atoms in total. The van der Waals surface area contributed by atoms with Crippen LogP contribution in [0, 0.1) is 0 Å². The van der Waals surface area contributed by atoms with Crippen molar-refractivity contribution in [3.05, 3.63) is 65.7 Å². The fourth-order valence-electron chi connectivity index (χ4n) is 3.15. The molecule has 4 rings (SSSR count). The topological polar surface area (TPSA) is 76.0 Å². The Morgan fingerprint density at radius 1 is 0.897 bits per heavy atom. The monoisotopic (exact) mass is 402 g/mol. The molecule has 0 aliphatic carbocycles. The Balaban J connectivity index is 1.69. The van der Waals surface area contributed by atoms with Crippen molar-refractivity contribution in [3.63, 3.8) is 0 Å². The molecule has 8 heteroatoms. The number of benzene rings is 3. The van der Waals surface area contributed by atoms with E-state index in [2.05, 4.69) is 4.74 Å². The quantitative estimate of drug-likeness (QED) is 0.617. The summed E-state index contributed by atoms with van der Waals surface area (Å²) in [6.45, 7) is 0. The summed E-state index contributed by atoms with van der Waals surface area (Å²) >= 11 is 0. The van der Waals surface area contributed by atoms with Gasteiger partial charge in [-0.1, -0.05) is 24.3 Å². The molecule has 0 saturated carbocycles. The molecule has 1 heterocycles. The Kier molecular flexibility index (Phi) is 4.34. The van der Waals surface area contributed by atoms with Gasteiger partial charge in [0, 0.05) is 24.1 Å². The second-order valence-electron chi connectivity index (χ2n) is 6.43. The van der Waals surface area contributed by atoms with Gasteiger partial charge in [0.05, 0.1) is 0 Å². The number of carbonyl (C=O) groups excluding carboxylic acids is 1. The number of halogens is 3. The molecule has 148 valence electrons. The van der Waals surface area contributed by atoms with Gasteiger partial charge in [0.2, 0.25) is 0 Å². The Hall–Kier alpha value is -3.68. The van der Waals surface area contributed by atoms with E-state index in [4.69, 9.17) is 4.74 Å². The molecule has 0 aromatic heterocycles. The molecule has 2 N–H and O–H groups in total. The van der Waals surface area contributed by atoms with Crippen LogP contribution < -0.4 is 9.47 Å². The van der Waals surface area contributed by atoms with Crippen molar-refractivity contribution in [1.82, 2.24) is 0 Å². The molecule has 0 fully saturated rings. The first kappa shape index (κ1) is 18.7. The van der Waals surface area contributed by atoms with Crippen molar-refractivity contribution in [2.45, 2.75) is 12.8 Å². The van der Waals surface area contributed by atoms with Gasteiger partial charge in [-0.3, -0.25) is 4.79 Å². The molecule has 0 amide bonds. The second-order valence-corrected chi connectivity index (χ2v) is 6.43. The zero-order chi connectivity index (χ0) is 20.8. The van der Waals surface area contributed by atoms with Crippen LogP contribution in [0.3, 0.4) is 0 Å². The highest BCUT2D eigenvalue weighted by atomic mass is 19.4. The lowest BCUT2D eigenvalue weighted by atomic mass is 9.99. The Morgan fingerprint density at radius 2 is 1.59 bits per heavy atom. The van der Waals surface area contributed by atoms with E-state index in [9.17, 15) is 28.2 Å². The van der Waals surface area contributed by atoms with Crippen molar-refractivity contribution in [3.8, 4) is 39.9 Å². The summed E-state index contributed by atoms with van der Waals surface area (Å²) in [5, 5.41) is 19.7. The van der Waals surface area contributed by atoms with Gasteiger partial charge in [0.25, 0.3) is 0 Å². The van der Waals surface area contributed by atoms with E-state index >= 15 is 0 Å². The molecule has 3 aromatic carbocycles. The van der Waals surface area contributed by atoms with Gasteiger partial charge in [-0.25, -0.2) is 0 Å². The number of ether oxygens (including phenoxy) is 2. The third-order valence-corrected chi connectivity index (χ3v) is 4.40. The number of carbonyl (C=O) groups is 1. The molecule has 1 aliphatic rings. The molecule has 0 unspecified atom stereocenters. The number of alkyl halides is 3. The molecule has 0 radical (unpaired) electrons. The van der Waals surface area contributed by atoms with Crippen LogP contribution >= 0.6 is 0 Å². The molecule has 0 saturated heterocycles. The number of aromatic hydroxyl groups is 2. The normalized spacial score (nSPS) is 13.1. The van der Waals surface area contributed by atoms with Crippen molar-refractivity contribution < 1.29 is 37.7 Å². The minimum atomic E-state index is -4.77. The fourth-order valence-corrected chi connectivity index (χ4v) is 3.15. The van der Waals surface area contributed by atoms with Gasteiger partial charge in [-0.2, -0.15) is 0 Å². The summed E-state index contributed by atoms with van der Waals surface area (Å²) in [7, 11) is 0. The number of hydrogen-bond donors (Lipinski definition) is 2. The van der Waals surface area contributed by atoms with Gasteiger partial charge in [-0.05, 0) is 29.3 Å². The van der Waals surface area contributed by atoms with Crippen LogP contribution in [0.5, 0.6) is 28.7 Å². The molecule has 3 aromatic rings. The van der Waals surface area contributed by atoms with Crippen LogP contribution in [0.25, 0.3) is 11.1 Å². The van der Waals surface area contributed by atoms with Crippen LogP contribution in [-0.2, 0) is 6.42 Å².